The van der Waals surface area contributed by atoms with E-state index in [2.05, 4.69) is 16.8 Å². The molecule has 1 aromatic rings. The number of carboxylic acids is 1. The van der Waals surface area contributed by atoms with E-state index in [0.29, 0.717) is 6.54 Å². The molecule has 4 nitrogen and oxygen atoms in total. The fraction of sp³-hybridized carbons (Fsp3) is 0.667. The number of hydrogen-bond acceptors (Lipinski definition) is 3. The molecular formula is C18H27NO3S. The van der Waals surface area contributed by atoms with Gasteiger partial charge in [0, 0.05) is 17.8 Å². The van der Waals surface area contributed by atoms with E-state index in [0.717, 1.165) is 51.4 Å². The van der Waals surface area contributed by atoms with Gasteiger partial charge in [-0.15, -0.1) is 11.3 Å². The Kier molecular flexibility index (Phi) is 7.09. The minimum absolute atomic E-state index is 0.185. The molecule has 0 unspecified atom stereocenters. The highest BCUT2D eigenvalue weighted by atomic mass is 32.1. The maximum atomic E-state index is 12.8. The monoisotopic (exact) mass is 337 g/mol. The first-order valence-electron chi connectivity index (χ1n) is 8.69. The molecule has 0 bridgehead atoms. The first kappa shape index (κ1) is 18.0. The first-order valence-corrected chi connectivity index (χ1v) is 9.57. The van der Waals surface area contributed by atoms with Crippen LogP contribution in [-0.4, -0.2) is 23.5 Å². The third-order valence-electron chi connectivity index (χ3n) is 4.74. The summed E-state index contributed by atoms with van der Waals surface area (Å²) in [4.78, 5) is 24.5. The summed E-state index contributed by atoms with van der Waals surface area (Å²) in [6, 6.07) is 4.13. The van der Waals surface area contributed by atoms with Crippen LogP contribution in [0.1, 0.15) is 69.1 Å². The molecule has 2 N–H and O–H groups in total. The second-order valence-electron chi connectivity index (χ2n) is 6.43. The highest BCUT2D eigenvalue weighted by Gasteiger charge is 2.41. The number of carbonyl (C=O) groups excluding carboxylic acids is 1. The van der Waals surface area contributed by atoms with Gasteiger partial charge in [-0.25, -0.2) is 0 Å². The summed E-state index contributed by atoms with van der Waals surface area (Å²) >= 11 is 1.69. The van der Waals surface area contributed by atoms with Gasteiger partial charge in [-0.3, -0.25) is 9.59 Å². The molecule has 0 aliphatic heterocycles. The number of nitrogens with one attached hydrogen (secondary N) is 1. The minimum atomic E-state index is -0.728. The summed E-state index contributed by atoms with van der Waals surface area (Å²) < 4.78 is 0. The molecule has 1 aliphatic rings. The van der Waals surface area contributed by atoms with Crippen molar-refractivity contribution in [1.29, 1.82) is 0 Å². The lowest BCUT2D eigenvalue weighted by atomic mass is 9.72. The van der Waals surface area contributed by atoms with Crippen LogP contribution in [0, 0.1) is 0 Å². The van der Waals surface area contributed by atoms with Crippen LogP contribution in [-0.2, 0) is 15.0 Å². The molecule has 2 rings (SSSR count). The zero-order chi connectivity index (χ0) is 16.5. The molecule has 5 heteroatoms. The lowest BCUT2D eigenvalue weighted by Gasteiger charge is -2.35. The number of amides is 1. The Morgan fingerprint density at radius 2 is 1.87 bits per heavy atom. The van der Waals surface area contributed by atoms with E-state index in [1.807, 2.05) is 6.07 Å². The van der Waals surface area contributed by atoms with Crippen molar-refractivity contribution in [1.82, 2.24) is 5.32 Å². The number of aliphatic carboxylic acids is 1. The fourth-order valence-corrected chi connectivity index (χ4v) is 4.40. The van der Waals surface area contributed by atoms with Crippen molar-refractivity contribution in [2.45, 2.75) is 69.6 Å². The van der Waals surface area contributed by atoms with Crippen molar-refractivity contribution in [2.75, 3.05) is 6.54 Å². The van der Waals surface area contributed by atoms with Gasteiger partial charge < -0.3 is 10.4 Å². The quantitative estimate of drug-likeness (QED) is 0.667. The number of carbonyl (C=O) groups is 2. The average Bonchev–Trinajstić information content (AvgIpc) is 3.09. The van der Waals surface area contributed by atoms with E-state index < -0.39 is 5.97 Å². The summed E-state index contributed by atoms with van der Waals surface area (Å²) in [7, 11) is 0. The molecule has 128 valence electrons. The molecule has 0 radical (unpaired) electrons. The third-order valence-corrected chi connectivity index (χ3v) is 5.81. The zero-order valence-electron chi connectivity index (χ0n) is 13.7. The number of thiophene rings is 1. The van der Waals surface area contributed by atoms with Gasteiger partial charge in [-0.2, -0.15) is 0 Å². The topological polar surface area (TPSA) is 66.4 Å². The van der Waals surface area contributed by atoms with Crippen LogP contribution in [0.15, 0.2) is 17.5 Å². The van der Waals surface area contributed by atoms with Crippen molar-refractivity contribution in [3.8, 4) is 0 Å². The van der Waals surface area contributed by atoms with Gasteiger partial charge in [0.15, 0.2) is 0 Å². The second-order valence-corrected chi connectivity index (χ2v) is 7.38. The fourth-order valence-electron chi connectivity index (χ4n) is 3.42. The van der Waals surface area contributed by atoms with Crippen LogP contribution in [0.4, 0.5) is 0 Å². The Morgan fingerprint density at radius 1 is 1.13 bits per heavy atom. The highest BCUT2D eigenvalue weighted by Crippen LogP contribution is 2.41. The molecule has 1 aromatic heterocycles. The molecule has 0 saturated heterocycles. The molecular weight excluding hydrogens is 310 g/mol. The van der Waals surface area contributed by atoms with Crippen molar-refractivity contribution in [2.24, 2.45) is 0 Å². The van der Waals surface area contributed by atoms with Gasteiger partial charge in [0.05, 0.1) is 5.41 Å². The maximum absolute atomic E-state index is 12.8. The van der Waals surface area contributed by atoms with Gasteiger partial charge in [0.25, 0.3) is 0 Å². The molecule has 23 heavy (non-hydrogen) atoms. The third kappa shape index (κ3) is 5.06. The predicted molar refractivity (Wildman–Crippen MR) is 92.8 cm³/mol. The van der Waals surface area contributed by atoms with Gasteiger partial charge in [-0.05, 0) is 37.1 Å². The van der Waals surface area contributed by atoms with E-state index in [4.69, 9.17) is 5.11 Å². The van der Waals surface area contributed by atoms with E-state index in [9.17, 15) is 9.59 Å². The summed E-state index contributed by atoms with van der Waals surface area (Å²) in [5, 5.41) is 13.8. The van der Waals surface area contributed by atoms with Crippen molar-refractivity contribution >= 4 is 23.2 Å². The molecule has 0 atom stereocenters. The number of unbranched alkanes of at least 4 members (excludes halogenated alkanes) is 3. The first-order chi connectivity index (χ1) is 11.1. The summed E-state index contributed by atoms with van der Waals surface area (Å²) in [6.45, 7) is 0.693. The summed E-state index contributed by atoms with van der Waals surface area (Å²) in [5.74, 6) is -0.543. The average molecular weight is 337 g/mol. The minimum Gasteiger partial charge on any atom is -0.481 e. The van der Waals surface area contributed by atoms with Crippen LogP contribution in [0.5, 0.6) is 0 Å². The molecule has 1 aliphatic carbocycles. The molecule has 0 spiro atoms. The Labute approximate surface area is 142 Å². The zero-order valence-corrected chi connectivity index (χ0v) is 14.5. The number of hydrogen-bond donors (Lipinski definition) is 2. The van der Waals surface area contributed by atoms with Crippen LogP contribution >= 0.6 is 11.3 Å². The van der Waals surface area contributed by atoms with E-state index in [1.54, 1.807) is 11.3 Å². The molecule has 0 aromatic carbocycles. The van der Waals surface area contributed by atoms with Crippen molar-refractivity contribution in [3.63, 3.8) is 0 Å². The maximum Gasteiger partial charge on any atom is 0.303 e. The van der Waals surface area contributed by atoms with Crippen LogP contribution in [0.2, 0.25) is 0 Å². The van der Waals surface area contributed by atoms with Crippen molar-refractivity contribution < 1.29 is 14.7 Å². The molecule has 1 saturated carbocycles. The predicted octanol–water partition coefficient (Wildman–Crippen LogP) is 4.10. The van der Waals surface area contributed by atoms with Crippen LogP contribution < -0.4 is 5.32 Å². The molecule has 1 heterocycles. The standard InChI is InChI=1S/C18H27NO3S/c20-16(21)10-4-1-2-7-13-19-17(22)18(11-5-3-6-12-18)15-9-8-14-23-15/h8-9,14H,1-7,10-13H2,(H,19,22)(H,20,21). The molecule has 1 amide bonds. The van der Waals surface area contributed by atoms with E-state index in [-0.39, 0.29) is 17.7 Å². The smallest absolute Gasteiger partial charge is 0.303 e. The Balaban J connectivity index is 1.77. The number of rotatable bonds is 9. The lowest BCUT2D eigenvalue weighted by Crippen LogP contribution is -2.45. The lowest BCUT2D eigenvalue weighted by molar-refractivity contribution is -0.137. The van der Waals surface area contributed by atoms with Gasteiger partial charge in [0.2, 0.25) is 5.91 Å². The van der Waals surface area contributed by atoms with Crippen LogP contribution in [0.25, 0.3) is 0 Å². The van der Waals surface area contributed by atoms with Crippen molar-refractivity contribution in [3.05, 3.63) is 22.4 Å². The van der Waals surface area contributed by atoms with Gasteiger partial charge >= 0.3 is 5.97 Å². The van der Waals surface area contributed by atoms with Crippen LogP contribution in [0.3, 0.4) is 0 Å². The largest absolute Gasteiger partial charge is 0.481 e. The highest BCUT2D eigenvalue weighted by molar-refractivity contribution is 7.10. The normalized spacial score (nSPS) is 16.9. The Morgan fingerprint density at radius 3 is 2.52 bits per heavy atom. The van der Waals surface area contributed by atoms with E-state index >= 15 is 0 Å². The van der Waals surface area contributed by atoms with Gasteiger partial charge in [-0.1, -0.05) is 38.2 Å². The summed E-state index contributed by atoms with van der Waals surface area (Å²) in [5.41, 5.74) is -0.310. The SMILES string of the molecule is O=C(O)CCCCCCNC(=O)C1(c2cccs2)CCCCC1. The number of carboxylic acid groups (broad SMARTS) is 1. The molecule has 1 fully saturated rings. The second kappa shape index (κ2) is 9.06. The summed E-state index contributed by atoms with van der Waals surface area (Å²) in [6.07, 6.45) is 9.17. The van der Waals surface area contributed by atoms with Gasteiger partial charge in [0.1, 0.15) is 0 Å². The van der Waals surface area contributed by atoms with E-state index in [1.165, 1.54) is 11.3 Å². The Hall–Kier alpha value is -1.36. The Bertz CT molecular complexity index is 492.